The number of hydrogen-bond donors (Lipinski definition) is 2. The van der Waals surface area contributed by atoms with E-state index >= 15 is 0 Å². The standard InChI is InChI=1S/C19H26N4O2/c1-14-5-6-16(15(2)10-14)7-8-20-19(24)22-17-11-21-23(12-17)13-18-4-3-9-25-18/h5-6,10-12,18H,3-4,7-9,13H2,1-2H3,(H2,20,22,24). The third-order valence-electron chi connectivity index (χ3n) is 4.48. The minimum Gasteiger partial charge on any atom is -0.376 e. The van der Waals surface area contributed by atoms with E-state index in [0.29, 0.717) is 12.2 Å². The minimum atomic E-state index is -0.207. The van der Waals surface area contributed by atoms with E-state index in [1.807, 2.05) is 10.9 Å². The summed E-state index contributed by atoms with van der Waals surface area (Å²) in [4.78, 5) is 12.0. The van der Waals surface area contributed by atoms with Crippen LogP contribution < -0.4 is 10.6 Å². The van der Waals surface area contributed by atoms with Gasteiger partial charge in [-0.1, -0.05) is 23.8 Å². The zero-order valence-corrected chi connectivity index (χ0v) is 14.9. The Bertz CT molecular complexity index is 720. The topological polar surface area (TPSA) is 68.2 Å². The van der Waals surface area contributed by atoms with E-state index < -0.39 is 0 Å². The molecule has 0 bridgehead atoms. The number of anilines is 1. The summed E-state index contributed by atoms with van der Waals surface area (Å²) in [5.41, 5.74) is 4.47. The molecule has 2 heterocycles. The predicted molar refractivity (Wildman–Crippen MR) is 97.8 cm³/mol. The molecule has 0 saturated carbocycles. The molecule has 2 amide bonds. The first-order chi connectivity index (χ1) is 12.1. The van der Waals surface area contributed by atoms with Crippen molar-refractivity contribution in [3.63, 3.8) is 0 Å². The van der Waals surface area contributed by atoms with Crippen LogP contribution in [0.1, 0.15) is 29.5 Å². The van der Waals surface area contributed by atoms with E-state index in [1.54, 1.807) is 6.20 Å². The molecule has 134 valence electrons. The maximum absolute atomic E-state index is 12.0. The van der Waals surface area contributed by atoms with Gasteiger partial charge in [-0.25, -0.2) is 4.79 Å². The monoisotopic (exact) mass is 342 g/mol. The molecule has 1 aliphatic heterocycles. The van der Waals surface area contributed by atoms with E-state index in [9.17, 15) is 4.79 Å². The molecule has 3 rings (SSSR count). The first kappa shape index (κ1) is 17.5. The van der Waals surface area contributed by atoms with Gasteiger partial charge in [0, 0.05) is 19.3 Å². The van der Waals surface area contributed by atoms with Crippen LogP contribution in [0.15, 0.2) is 30.6 Å². The van der Waals surface area contributed by atoms with E-state index in [0.717, 1.165) is 32.4 Å². The number of aryl methyl sites for hydroxylation is 2. The molecule has 0 radical (unpaired) electrons. The fraction of sp³-hybridized carbons (Fsp3) is 0.474. The van der Waals surface area contributed by atoms with Crippen molar-refractivity contribution in [1.29, 1.82) is 0 Å². The Hall–Kier alpha value is -2.34. The lowest BCUT2D eigenvalue weighted by Crippen LogP contribution is -2.30. The smallest absolute Gasteiger partial charge is 0.319 e. The SMILES string of the molecule is Cc1ccc(CCNC(=O)Nc2cnn(CC3CCCO3)c2)c(C)c1. The van der Waals surface area contributed by atoms with Gasteiger partial charge >= 0.3 is 6.03 Å². The van der Waals surface area contributed by atoms with Crippen LogP contribution in [0.4, 0.5) is 10.5 Å². The Morgan fingerprint density at radius 1 is 1.40 bits per heavy atom. The lowest BCUT2D eigenvalue weighted by molar-refractivity contribution is 0.0940. The Morgan fingerprint density at radius 3 is 3.04 bits per heavy atom. The first-order valence-electron chi connectivity index (χ1n) is 8.85. The Balaban J connectivity index is 1.42. The van der Waals surface area contributed by atoms with E-state index in [1.165, 1.54) is 16.7 Å². The molecule has 2 N–H and O–H groups in total. The number of ether oxygens (including phenoxy) is 1. The van der Waals surface area contributed by atoms with Crippen LogP contribution in [0.5, 0.6) is 0 Å². The molecule has 1 atom stereocenters. The molecule has 6 nitrogen and oxygen atoms in total. The first-order valence-corrected chi connectivity index (χ1v) is 8.85. The lowest BCUT2D eigenvalue weighted by Gasteiger charge is -2.09. The average molecular weight is 342 g/mol. The molecule has 1 aromatic heterocycles. The summed E-state index contributed by atoms with van der Waals surface area (Å²) in [7, 11) is 0. The molecule has 25 heavy (non-hydrogen) atoms. The highest BCUT2D eigenvalue weighted by Gasteiger charge is 2.16. The molecule has 6 heteroatoms. The third-order valence-corrected chi connectivity index (χ3v) is 4.48. The van der Waals surface area contributed by atoms with Gasteiger partial charge in [-0.15, -0.1) is 0 Å². The van der Waals surface area contributed by atoms with E-state index in [4.69, 9.17) is 4.74 Å². The highest BCUT2D eigenvalue weighted by molar-refractivity contribution is 5.88. The number of benzene rings is 1. The fourth-order valence-electron chi connectivity index (χ4n) is 3.14. The van der Waals surface area contributed by atoms with Crippen molar-refractivity contribution in [2.75, 3.05) is 18.5 Å². The van der Waals surface area contributed by atoms with Crippen molar-refractivity contribution in [3.05, 3.63) is 47.3 Å². The average Bonchev–Trinajstić information content (AvgIpc) is 3.22. The summed E-state index contributed by atoms with van der Waals surface area (Å²) in [6, 6.07) is 6.18. The fourth-order valence-corrected chi connectivity index (χ4v) is 3.14. The number of hydrogen-bond acceptors (Lipinski definition) is 3. The highest BCUT2D eigenvalue weighted by atomic mass is 16.5. The number of carbonyl (C=O) groups is 1. The van der Waals surface area contributed by atoms with Crippen LogP contribution in [0, 0.1) is 13.8 Å². The quantitative estimate of drug-likeness (QED) is 0.848. The van der Waals surface area contributed by atoms with Crippen LogP contribution in [0.3, 0.4) is 0 Å². The second-order valence-corrected chi connectivity index (χ2v) is 6.65. The van der Waals surface area contributed by atoms with Gasteiger partial charge in [-0.3, -0.25) is 4.68 Å². The Labute approximate surface area is 148 Å². The predicted octanol–water partition coefficient (Wildman–Crippen LogP) is 3.04. The molecule has 1 unspecified atom stereocenters. The molecule has 1 aliphatic rings. The number of carbonyl (C=O) groups excluding carboxylic acids is 1. The van der Waals surface area contributed by atoms with Crippen molar-refractivity contribution in [3.8, 4) is 0 Å². The number of amides is 2. The van der Waals surface area contributed by atoms with Gasteiger partial charge in [-0.2, -0.15) is 5.10 Å². The lowest BCUT2D eigenvalue weighted by atomic mass is 10.0. The maximum Gasteiger partial charge on any atom is 0.319 e. The second-order valence-electron chi connectivity index (χ2n) is 6.65. The van der Waals surface area contributed by atoms with Gasteiger partial charge in [-0.05, 0) is 44.2 Å². The zero-order chi connectivity index (χ0) is 17.6. The van der Waals surface area contributed by atoms with Crippen molar-refractivity contribution in [2.45, 2.75) is 45.8 Å². The summed E-state index contributed by atoms with van der Waals surface area (Å²) in [5, 5.41) is 9.99. The molecule has 1 saturated heterocycles. The van der Waals surface area contributed by atoms with E-state index in [-0.39, 0.29) is 12.1 Å². The van der Waals surface area contributed by atoms with Crippen molar-refractivity contribution in [1.82, 2.24) is 15.1 Å². The number of nitrogens with one attached hydrogen (secondary N) is 2. The Morgan fingerprint density at radius 2 is 2.28 bits per heavy atom. The maximum atomic E-state index is 12.0. The van der Waals surface area contributed by atoms with Crippen molar-refractivity contribution >= 4 is 11.7 Å². The van der Waals surface area contributed by atoms with Crippen LogP contribution in [0.2, 0.25) is 0 Å². The summed E-state index contributed by atoms with van der Waals surface area (Å²) in [6.07, 6.45) is 6.74. The van der Waals surface area contributed by atoms with Gasteiger partial charge in [0.15, 0.2) is 0 Å². The summed E-state index contributed by atoms with van der Waals surface area (Å²) >= 11 is 0. The number of nitrogens with zero attached hydrogens (tertiary/aromatic N) is 2. The minimum absolute atomic E-state index is 0.207. The molecule has 0 aliphatic carbocycles. The van der Waals surface area contributed by atoms with Crippen molar-refractivity contribution < 1.29 is 9.53 Å². The van der Waals surface area contributed by atoms with Gasteiger partial charge < -0.3 is 15.4 Å². The van der Waals surface area contributed by atoms with Gasteiger partial charge in [0.25, 0.3) is 0 Å². The molecule has 1 fully saturated rings. The van der Waals surface area contributed by atoms with Gasteiger partial charge in [0.2, 0.25) is 0 Å². The second kappa shape index (κ2) is 8.16. The van der Waals surface area contributed by atoms with Crippen LogP contribution in [-0.4, -0.2) is 35.1 Å². The summed E-state index contributed by atoms with van der Waals surface area (Å²) in [5.74, 6) is 0. The largest absolute Gasteiger partial charge is 0.376 e. The number of aromatic nitrogens is 2. The van der Waals surface area contributed by atoms with Crippen molar-refractivity contribution in [2.24, 2.45) is 0 Å². The Kier molecular flexibility index (Phi) is 5.71. The molecule has 1 aromatic carbocycles. The van der Waals surface area contributed by atoms with Crippen LogP contribution in [0.25, 0.3) is 0 Å². The van der Waals surface area contributed by atoms with Crippen LogP contribution in [-0.2, 0) is 17.7 Å². The molecule has 2 aromatic rings. The van der Waals surface area contributed by atoms with E-state index in [2.05, 4.69) is 47.8 Å². The van der Waals surface area contributed by atoms with Gasteiger partial charge in [0.05, 0.1) is 24.5 Å². The number of rotatable bonds is 6. The van der Waals surface area contributed by atoms with Gasteiger partial charge in [0.1, 0.15) is 0 Å². The third kappa shape index (κ3) is 5.06. The zero-order valence-electron chi connectivity index (χ0n) is 14.9. The normalized spacial score (nSPS) is 16.8. The summed E-state index contributed by atoms with van der Waals surface area (Å²) < 4.78 is 7.42. The molecular formula is C19H26N4O2. The summed E-state index contributed by atoms with van der Waals surface area (Å²) in [6.45, 7) is 6.35. The van der Waals surface area contributed by atoms with Crippen LogP contribution >= 0.6 is 0 Å². The molecule has 0 spiro atoms. The molecular weight excluding hydrogens is 316 g/mol. The number of urea groups is 1. The highest BCUT2D eigenvalue weighted by Crippen LogP contribution is 2.15.